The molecule has 0 aliphatic carbocycles. The van der Waals surface area contributed by atoms with Gasteiger partial charge in [-0.3, -0.25) is 9.59 Å². The Bertz CT molecular complexity index is 890. The Morgan fingerprint density at radius 3 is 2.55 bits per heavy atom. The molecule has 0 aliphatic rings. The first-order valence-electron chi connectivity index (χ1n) is 11.1. The third-order valence-electron chi connectivity index (χ3n) is 5.36. The number of carbonyl (C=O) groups excluding carboxylic acids is 2. The van der Waals surface area contributed by atoms with E-state index in [1.165, 1.54) is 5.56 Å². The average molecular weight is 425 g/mol. The fourth-order valence-electron chi connectivity index (χ4n) is 3.19. The van der Waals surface area contributed by atoms with Crippen LogP contribution in [0.1, 0.15) is 67.9 Å². The Labute approximate surface area is 186 Å². The minimum atomic E-state index is -0.551. The van der Waals surface area contributed by atoms with E-state index in [9.17, 15) is 9.59 Å². The van der Waals surface area contributed by atoms with E-state index >= 15 is 0 Å². The Balaban J connectivity index is 1.86. The van der Waals surface area contributed by atoms with Crippen LogP contribution in [0.5, 0.6) is 5.75 Å². The lowest BCUT2D eigenvalue weighted by Gasteiger charge is -2.24. The number of carbonyl (C=O) groups is 2. The summed E-state index contributed by atoms with van der Waals surface area (Å²) in [5.41, 5.74) is 2.91. The minimum absolute atomic E-state index is 0.0669. The molecule has 0 atom stereocenters. The normalized spacial score (nSPS) is 11.1. The highest BCUT2D eigenvalue weighted by Gasteiger charge is 2.27. The Morgan fingerprint density at radius 2 is 1.81 bits per heavy atom. The molecule has 0 aliphatic heterocycles. The molecule has 5 heteroatoms. The van der Waals surface area contributed by atoms with Gasteiger partial charge in [0.25, 0.3) is 5.91 Å². The Kier molecular flexibility index (Phi) is 9.10. The van der Waals surface area contributed by atoms with Crippen molar-refractivity contribution in [1.82, 2.24) is 5.32 Å². The zero-order valence-electron chi connectivity index (χ0n) is 19.5. The lowest BCUT2D eigenvalue weighted by atomic mass is 9.87. The first kappa shape index (κ1) is 24.4. The molecule has 0 fully saturated rings. The average Bonchev–Trinajstić information content (AvgIpc) is 2.73. The third-order valence-corrected chi connectivity index (χ3v) is 5.36. The van der Waals surface area contributed by atoms with Crippen LogP contribution in [0, 0.1) is 19.3 Å². The van der Waals surface area contributed by atoms with E-state index < -0.39 is 5.41 Å². The first-order chi connectivity index (χ1) is 14.7. The number of anilines is 1. The highest BCUT2D eigenvalue weighted by molar-refractivity contribution is 5.98. The van der Waals surface area contributed by atoms with Crippen molar-refractivity contribution in [3.8, 4) is 5.75 Å². The van der Waals surface area contributed by atoms with Gasteiger partial charge in [-0.2, -0.15) is 0 Å². The van der Waals surface area contributed by atoms with E-state index in [-0.39, 0.29) is 11.8 Å². The van der Waals surface area contributed by atoms with Crippen LogP contribution in [0.3, 0.4) is 0 Å². The maximum absolute atomic E-state index is 12.8. The summed E-state index contributed by atoms with van der Waals surface area (Å²) in [6.07, 6.45) is 3.44. The van der Waals surface area contributed by atoms with Crippen LogP contribution in [0.15, 0.2) is 42.5 Å². The van der Waals surface area contributed by atoms with E-state index in [1.54, 1.807) is 24.3 Å². The fourth-order valence-corrected chi connectivity index (χ4v) is 3.19. The number of aryl methyl sites for hydroxylation is 2. The summed E-state index contributed by atoms with van der Waals surface area (Å²) in [6.45, 7) is 11.2. The van der Waals surface area contributed by atoms with E-state index in [2.05, 4.69) is 29.7 Å². The molecule has 0 heterocycles. The van der Waals surface area contributed by atoms with Crippen molar-refractivity contribution in [1.29, 1.82) is 0 Å². The summed E-state index contributed by atoms with van der Waals surface area (Å²) < 4.78 is 5.92. The molecule has 0 bridgehead atoms. The number of hydrogen-bond donors (Lipinski definition) is 2. The number of unbranched alkanes of at least 4 members (excludes halogenated alkanes) is 1. The molecular formula is C26H36N2O3. The van der Waals surface area contributed by atoms with Crippen molar-refractivity contribution < 1.29 is 14.3 Å². The standard InChI is InChI=1S/C26H36N2O3/c1-6-7-15-27-24(29)21-10-8-11-22(18-21)28-25(30)26(4,5)14-9-16-31-23-17-19(2)12-13-20(23)3/h8,10-13,17-18H,6-7,9,14-16H2,1-5H3,(H,27,29)(H,28,30). The van der Waals surface area contributed by atoms with E-state index in [0.717, 1.165) is 30.6 Å². The van der Waals surface area contributed by atoms with Gasteiger partial charge in [0.05, 0.1) is 6.61 Å². The second kappa shape index (κ2) is 11.5. The number of amides is 2. The highest BCUT2D eigenvalue weighted by atomic mass is 16.5. The second-order valence-electron chi connectivity index (χ2n) is 8.75. The summed E-state index contributed by atoms with van der Waals surface area (Å²) in [6, 6.07) is 13.2. The molecule has 0 spiro atoms. The van der Waals surface area contributed by atoms with E-state index in [4.69, 9.17) is 4.74 Å². The van der Waals surface area contributed by atoms with Crippen LogP contribution in [0.25, 0.3) is 0 Å². The van der Waals surface area contributed by atoms with Crippen molar-refractivity contribution in [2.75, 3.05) is 18.5 Å². The van der Waals surface area contributed by atoms with Crippen LogP contribution in [0.2, 0.25) is 0 Å². The van der Waals surface area contributed by atoms with Gasteiger partial charge in [-0.25, -0.2) is 0 Å². The smallest absolute Gasteiger partial charge is 0.251 e. The quantitative estimate of drug-likeness (QED) is 0.458. The molecule has 0 unspecified atom stereocenters. The number of rotatable bonds is 11. The van der Waals surface area contributed by atoms with Crippen molar-refractivity contribution >= 4 is 17.5 Å². The molecule has 31 heavy (non-hydrogen) atoms. The van der Waals surface area contributed by atoms with Gasteiger partial charge >= 0.3 is 0 Å². The molecule has 0 radical (unpaired) electrons. The fraction of sp³-hybridized carbons (Fsp3) is 0.462. The van der Waals surface area contributed by atoms with Crippen molar-refractivity contribution in [3.05, 3.63) is 59.2 Å². The molecule has 0 saturated carbocycles. The maximum Gasteiger partial charge on any atom is 0.251 e. The van der Waals surface area contributed by atoms with Crippen LogP contribution in [-0.4, -0.2) is 25.0 Å². The lowest BCUT2D eigenvalue weighted by molar-refractivity contribution is -0.124. The van der Waals surface area contributed by atoms with Crippen molar-refractivity contribution in [3.63, 3.8) is 0 Å². The second-order valence-corrected chi connectivity index (χ2v) is 8.75. The highest BCUT2D eigenvalue weighted by Crippen LogP contribution is 2.26. The SMILES string of the molecule is CCCCNC(=O)c1cccc(NC(=O)C(C)(C)CCCOc2cc(C)ccc2C)c1. The van der Waals surface area contributed by atoms with Gasteiger partial charge in [-0.05, 0) is 68.5 Å². The molecule has 2 rings (SSSR count). The van der Waals surface area contributed by atoms with E-state index in [1.807, 2.05) is 33.8 Å². The zero-order valence-corrected chi connectivity index (χ0v) is 19.5. The molecular weight excluding hydrogens is 388 g/mol. The molecule has 5 nitrogen and oxygen atoms in total. The maximum atomic E-state index is 12.8. The van der Waals surface area contributed by atoms with Gasteiger partial charge in [0, 0.05) is 23.2 Å². The molecule has 2 N–H and O–H groups in total. The summed E-state index contributed by atoms with van der Waals surface area (Å²) in [4.78, 5) is 25.1. The van der Waals surface area contributed by atoms with Crippen LogP contribution >= 0.6 is 0 Å². The first-order valence-corrected chi connectivity index (χ1v) is 11.1. The van der Waals surface area contributed by atoms with Gasteiger partial charge in [0.2, 0.25) is 5.91 Å². The van der Waals surface area contributed by atoms with Gasteiger partial charge in [-0.15, -0.1) is 0 Å². The topological polar surface area (TPSA) is 67.4 Å². The number of hydrogen-bond acceptors (Lipinski definition) is 3. The van der Waals surface area contributed by atoms with Gasteiger partial charge in [-0.1, -0.05) is 45.4 Å². The lowest BCUT2D eigenvalue weighted by Crippen LogP contribution is -2.31. The molecule has 0 aromatic heterocycles. The molecule has 168 valence electrons. The molecule has 2 amide bonds. The zero-order chi connectivity index (χ0) is 22.9. The summed E-state index contributed by atoms with van der Waals surface area (Å²) >= 11 is 0. The largest absolute Gasteiger partial charge is 0.493 e. The summed E-state index contributed by atoms with van der Waals surface area (Å²) in [7, 11) is 0. The monoisotopic (exact) mass is 424 g/mol. The number of nitrogens with one attached hydrogen (secondary N) is 2. The van der Waals surface area contributed by atoms with Crippen molar-refractivity contribution in [2.24, 2.45) is 5.41 Å². The minimum Gasteiger partial charge on any atom is -0.493 e. The molecule has 2 aromatic carbocycles. The summed E-state index contributed by atoms with van der Waals surface area (Å²) in [5.74, 6) is 0.714. The molecule has 2 aromatic rings. The van der Waals surface area contributed by atoms with Gasteiger partial charge in [0.1, 0.15) is 5.75 Å². The predicted octanol–water partition coefficient (Wildman–Crippen LogP) is 5.66. The number of ether oxygens (including phenoxy) is 1. The van der Waals surface area contributed by atoms with E-state index in [0.29, 0.717) is 30.8 Å². The Morgan fingerprint density at radius 1 is 1.03 bits per heavy atom. The third kappa shape index (κ3) is 7.74. The summed E-state index contributed by atoms with van der Waals surface area (Å²) in [5, 5.41) is 5.86. The number of benzene rings is 2. The van der Waals surface area contributed by atoms with Crippen LogP contribution in [0.4, 0.5) is 5.69 Å². The van der Waals surface area contributed by atoms with Gasteiger partial charge in [0.15, 0.2) is 0 Å². The predicted molar refractivity (Wildman–Crippen MR) is 127 cm³/mol. The van der Waals surface area contributed by atoms with Crippen molar-refractivity contribution in [2.45, 2.75) is 60.3 Å². The van der Waals surface area contributed by atoms with Crippen LogP contribution < -0.4 is 15.4 Å². The Hall–Kier alpha value is -2.82. The molecule has 0 saturated heterocycles. The van der Waals surface area contributed by atoms with Crippen LogP contribution in [-0.2, 0) is 4.79 Å². The van der Waals surface area contributed by atoms with Gasteiger partial charge < -0.3 is 15.4 Å².